The van der Waals surface area contributed by atoms with Gasteiger partial charge in [0, 0.05) is 64.8 Å². The van der Waals surface area contributed by atoms with Gasteiger partial charge in [-0.2, -0.15) is 0 Å². The number of nitrogens with zero attached hydrogens (tertiary/aromatic N) is 4. The van der Waals surface area contributed by atoms with Crippen LogP contribution in [0.1, 0.15) is 26.7 Å². The summed E-state index contributed by atoms with van der Waals surface area (Å²) in [5, 5.41) is 7.73. The number of guanidine groups is 1. The molecule has 2 aliphatic rings. The van der Waals surface area contributed by atoms with Gasteiger partial charge in [0.1, 0.15) is 0 Å². The first-order valence-corrected chi connectivity index (χ1v) is 11.8. The summed E-state index contributed by atoms with van der Waals surface area (Å²) in [5.74, 6) is 1.12. The highest BCUT2D eigenvalue weighted by Crippen LogP contribution is 2.26. The second-order valence-corrected chi connectivity index (χ2v) is 9.11. The molecule has 2 aliphatic heterocycles. The standard InChI is InChI=1S/C23H37ClN6O/c1-18(2)22(31)30-12-9-19(17-30)27-23(25-3)26-10-6-11-28-13-15-29(16-14-28)21-8-5-4-7-20(21)24/h4-5,7-8,18-19H,6,9-17H2,1-3H3,(H2,25,26,27). The third-order valence-corrected chi connectivity index (χ3v) is 6.39. The van der Waals surface area contributed by atoms with Crippen LogP contribution in [0.2, 0.25) is 5.02 Å². The van der Waals surface area contributed by atoms with E-state index in [4.69, 9.17) is 11.6 Å². The van der Waals surface area contributed by atoms with Crippen LogP contribution in [0.25, 0.3) is 0 Å². The number of hydrogen-bond donors (Lipinski definition) is 2. The van der Waals surface area contributed by atoms with E-state index in [1.165, 1.54) is 0 Å². The molecule has 0 bridgehead atoms. The van der Waals surface area contributed by atoms with Crippen LogP contribution >= 0.6 is 11.6 Å². The van der Waals surface area contributed by atoms with Crippen molar-refractivity contribution < 1.29 is 4.79 Å². The highest BCUT2D eigenvalue weighted by molar-refractivity contribution is 6.33. The summed E-state index contributed by atoms with van der Waals surface area (Å²) in [6.07, 6.45) is 2.03. The molecule has 0 radical (unpaired) electrons. The van der Waals surface area contributed by atoms with E-state index in [-0.39, 0.29) is 17.9 Å². The summed E-state index contributed by atoms with van der Waals surface area (Å²) in [6, 6.07) is 8.35. The van der Waals surface area contributed by atoms with Crippen molar-refractivity contribution in [1.29, 1.82) is 0 Å². The number of hydrogen-bond acceptors (Lipinski definition) is 4. The summed E-state index contributed by atoms with van der Waals surface area (Å²) in [4.78, 5) is 23.4. The van der Waals surface area contributed by atoms with Crippen LogP contribution in [-0.2, 0) is 4.79 Å². The zero-order valence-electron chi connectivity index (χ0n) is 19.1. The molecular weight excluding hydrogens is 412 g/mol. The van der Waals surface area contributed by atoms with Gasteiger partial charge in [-0.3, -0.25) is 14.7 Å². The molecule has 7 nitrogen and oxygen atoms in total. The molecule has 2 N–H and O–H groups in total. The van der Waals surface area contributed by atoms with Crippen LogP contribution in [0, 0.1) is 5.92 Å². The number of amides is 1. The maximum atomic E-state index is 12.2. The van der Waals surface area contributed by atoms with Gasteiger partial charge in [-0.25, -0.2) is 0 Å². The van der Waals surface area contributed by atoms with Crippen LogP contribution in [0.4, 0.5) is 5.69 Å². The Morgan fingerprint density at radius 2 is 1.94 bits per heavy atom. The Labute approximate surface area is 191 Å². The summed E-state index contributed by atoms with van der Waals surface area (Å²) in [7, 11) is 1.80. The number of benzene rings is 1. The second kappa shape index (κ2) is 11.6. The quantitative estimate of drug-likeness (QED) is 0.380. The predicted octanol–water partition coefficient (Wildman–Crippen LogP) is 2.27. The highest BCUT2D eigenvalue weighted by Gasteiger charge is 2.28. The Bertz CT molecular complexity index is 747. The van der Waals surface area contributed by atoms with Gasteiger partial charge in [-0.15, -0.1) is 0 Å². The third kappa shape index (κ3) is 6.74. The van der Waals surface area contributed by atoms with E-state index in [1.54, 1.807) is 7.05 Å². The average molecular weight is 449 g/mol. The van der Waals surface area contributed by atoms with E-state index in [1.807, 2.05) is 36.9 Å². The SMILES string of the molecule is CN=C(NCCCN1CCN(c2ccccc2Cl)CC1)NC1CCN(C(=O)C(C)C)C1. The first kappa shape index (κ1) is 23.7. The molecule has 1 amide bonds. The minimum absolute atomic E-state index is 0.0581. The first-order valence-electron chi connectivity index (χ1n) is 11.5. The molecule has 31 heavy (non-hydrogen) atoms. The van der Waals surface area contributed by atoms with Crippen LogP contribution in [-0.4, -0.2) is 87.1 Å². The number of nitrogens with one attached hydrogen (secondary N) is 2. The van der Waals surface area contributed by atoms with Crippen molar-refractivity contribution in [2.75, 3.05) is 64.3 Å². The molecule has 1 unspecified atom stereocenters. The Morgan fingerprint density at radius 1 is 1.19 bits per heavy atom. The topological polar surface area (TPSA) is 63.2 Å². The summed E-state index contributed by atoms with van der Waals surface area (Å²) < 4.78 is 0. The van der Waals surface area contributed by atoms with Crippen LogP contribution in [0.5, 0.6) is 0 Å². The number of aliphatic imine (C=N–C) groups is 1. The zero-order chi connectivity index (χ0) is 22.2. The zero-order valence-corrected chi connectivity index (χ0v) is 19.9. The molecule has 1 aromatic carbocycles. The average Bonchev–Trinajstić information content (AvgIpc) is 3.24. The number of anilines is 1. The van der Waals surface area contributed by atoms with Gasteiger partial charge in [0.25, 0.3) is 0 Å². The Hall–Kier alpha value is -1.99. The lowest BCUT2D eigenvalue weighted by atomic mass is 10.2. The lowest BCUT2D eigenvalue weighted by molar-refractivity contribution is -0.133. The molecule has 0 saturated carbocycles. The first-order chi connectivity index (χ1) is 15.0. The normalized spacial score (nSPS) is 20.4. The number of carbonyl (C=O) groups is 1. The summed E-state index contributed by atoms with van der Waals surface area (Å²) in [6.45, 7) is 11.6. The molecular formula is C23H37ClN6O. The fourth-order valence-corrected chi connectivity index (χ4v) is 4.52. The molecule has 3 rings (SSSR count). The van der Waals surface area contributed by atoms with E-state index in [0.717, 1.165) is 81.9 Å². The lowest BCUT2D eigenvalue weighted by Crippen LogP contribution is -2.48. The summed E-state index contributed by atoms with van der Waals surface area (Å²) >= 11 is 6.34. The van der Waals surface area contributed by atoms with Crippen molar-refractivity contribution in [3.8, 4) is 0 Å². The van der Waals surface area contributed by atoms with Crippen molar-refractivity contribution in [2.45, 2.75) is 32.7 Å². The number of likely N-dealkylation sites (tertiary alicyclic amines) is 1. The predicted molar refractivity (Wildman–Crippen MR) is 129 cm³/mol. The number of para-hydroxylation sites is 1. The maximum Gasteiger partial charge on any atom is 0.225 e. The van der Waals surface area contributed by atoms with Crippen molar-refractivity contribution in [3.05, 3.63) is 29.3 Å². The van der Waals surface area contributed by atoms with Gasteiger partial charge in [0.05, 0.1) is 10.7 Å². The Balaban J connectivity index is 1.31. The minimum Gasteiger partial charge on any atom is -0.368 e. The smallest absolute Gasteiger partial charge is 0.225 e. The molecule has 172 valence electrons. The fourth-order valence-electron chi connectivity index (χ4n) is 4.26. The largest absolute Gasteiger partial charge is 0.368 e. The van der Waals surface area contributed by atoms with Crippen LogP contribution < -0.4 is 15.5 Å². The van der Waals surface area contributed by atoms with Crippen LogP contribution in [0.15, 0.2) is 29.3 Å². The van der Waals surface area contributed by atoms with E-state index in [0.29, 0.717) is 0 Å². The van der Waals surface area contributed by atoms with E-state index < -0.39 is 0 Å². The van der Waals surface area contributed by atoms with Gasteiger partial charge in [-0.1, -0.05) is 37.6 Å². The van der Waals surface area contributed by atoms with Gasteiger partial charge < -0.3 is 20.4 Å². The van der Waals surface area contributed by atoms with Gasteiger partial charge >= 0.3 is 0 Å². The maximum absolute atomic E-state index is 12.2. The van der Waals surface area contributed by atoms with Crippen molar-refractivity contribution in [1.82, 2.24) is 20.4 Å². The van der Waals surface area contributed by atoms with Gasteiger partial charge in [-0.05, 0) is 31.5 Å². The highest BCUT2D eigenvalue weighted by atomic mass is 35.5. The van der Waals surface area contributed by atoms with Crippen molar-refractivity contribution >= 4 is 29.2 Å². The molecule has 1 atom stereocenters. The minimum atomic E-state index is 0.0581. The second-order valence-electron chi connectivity index (χ2n) is 8.70. The summed E-state index contributed by atoms with van der Waals surface area (Å²) in [5.41, 5.74) is 1.14. The van der Waals surface area contributed by atoms with Crippen LogP contribution in [0.3, 0.4) is 0 Å². The van der Waals surface area contributed by atoms with Crippen molar-refractivity contribution in [2.24, 2.45) is 10.9 Å². The fraction of sp³-hybridized carbons (Fsp3) is 0.652. The van der Waals surface area contributed by atoms with E-state index in [2.05, 4.69) is 31.5 Å². The molecule has 0 spiro atoms. The Kier molecular flexibility index (Phi) is 8.84. The molecule has 8 heteroatoms. The third-order valence-electron chi connectivity index (χ3n) is 6.07. The monoisotopic (exact) mass is 448 g/mol. The lowest BCUT2D eigenvalue weighted by Gasteiger charge is -2.36. The van der Waals surface area contributed by atoms with E-state index in [9.17, 15) is 4.79 Å². The molecule has 0 aliphatic carbocycles. The van der Waals surface area contributed by atoms with Gasteiger partial charge in [0.15, 0.2) is 5.96 Å². The molecule has 2 fully saturated rings. The van der Waals surface area contributed by atoms with Gasteiger partial charge in [0.2, 0.25) is 5.91 Å². The number of piperazine rings is 1. The number of halogens is 1. The molecule has 0 aromatic heterocycles. The molecule has 2 saturated heterocycles. The molecule has 2 heterocycles. The Morgan fingerprint density at radius 3 is 2.61 bits per heavy atom. The number of carbonyl (C=O) groups excluding carboxylic acids is 1. The van der Waals surface area contributed by atoms with Crippen molar-refractivity contribution in [3.63, 3.8) is 0 Å². The molecule has 1 aromatic rings. The van der Waals surface area contributed by atoms with E-state index >= 15 is 0 Å². The number of rotatable bonds is 7.